The number of nitrogens with zero attached hydrogens (tertiary/aromatic N) is 1. The van der Waals surface area contributed by atoms with Crippen molar-refractivity contribution in [3.63, 3.8) is 0 Å². The highest BCUT2D eigenvalue weighted by molar-refractivity contribution is 9.10. The van der Waals surface area contributed by atoms with Gasteiger partial charge in [-0.25, -0.2) is 0 Å². The number of Topliss-reactive ketones (excluding diaryl/α,β-unsaturated/α-hetero) is 1. The van der Waals surface area contributed by atoms with Gasteiger partial charge in [0.15, 0.2) is 5.78 Å². The molecule has 1 unspecified atom stereocenters. The molecule has 0 aromatic heterocycles. The van der Waals surface area contributed by atoms with Gasteiger partial charge in [0.2, 0.25) is 0 Å². The summed E-state index contributed by atoms with van der Waals surface area (Å²) >= 11 is 3.29. The van der Waals surface area contributed by atoms with Gasteiger partial charge in [0.05, 0.1) is 6.07 Å². The third-order valence-corrected chi connectivity index (χ3v) is 2.21. The van der Waals surface area contributed by atoms with Crippen LogP contribution in [0.3, 0.4) is 0 Å². The first-order valence-electron chi connectivity index (χ1n) is 3.80. The summed E-state index contributed by atoms with van der Waals surface area (Å²) in [6.45, 7) is 1.43. The number of rotatable bonds is 2. The zero-order valence-electron chi connectivity index (χ0n) is 7.12. The van der Waals surface area contributed by atoms with Crippen molar-refractivity contribution in [1.29, 1.82) is 5.26 Å². The third kappa shape index (κ3) is 2.40. The highest BCUT2D eigenvalue weighted by atomic mass is 79.9. The smallest absolute Gasteiger partial charge is 0.151 e. The molecule has 66 valence electrons. The van der Waals surface area contributed by atoms with Crippen LogP contribution in [0.4, 0.5) is 0 Å². The van der Waals surface area contributed by atoms with Crippen LogP contribution in [0.1, 0.15) is 18.4 Å². The Morgan fingerprint density at radius 1 is 1.62 bits per heavy atom. The van der Waals surface area contributed by atoms with Crippen molar-refractivity contribution in [2.45, 2.75) is 12.8 Å². The maximum Gasteiger partial charge on any atom is 0.151 e. The predicted molar refractivity (Wildman–Crippen MR) is 53.2 cm³/mol. The Bertz CT molecular complexity index is 367. The first-order chi connectivity index (χ1) is 6.15. The van der Waals surface area contributed by atoms with E-state index in [1.165, 1.54) is 6.92 Å². The molecule has 0 bridgehead atoms. The minimum Gasteiger partial charge on any atom is -0.298 e. The second-order valence-corrected chi connectivity index (χ2v) is 3.64. The van der Waals surface area contributed by atoms with E-state index in [0.717, 1.165) is 10.0 Å². The van der Waals surface area contributed by atoms with Crippen LogP contribution in [-0.4, -0.2) is 5.78 Å². The Kier molecular flexibility index (Phi) is 3.21. The molecule has 0 aliphatic carbocycles. The molecule has 0 aliphatic heterocycles. The van der Waals surface area contributed by atoms with Crippen molar-refractivity contribution in [3.05, 3.63) is 34.3 Å². The van der Waals surface area contributed by atoms with Gasteiger partial charge >= 0.3 is 0 Å². The third-order valence-electron chi connectivity index (χ3n) is 1.72. The topological polar surface area (TPSA) is 40.9 Å². The summed E-state index contributed by atoms with van der Waals surface area (Å²) in [7, 11) is 0. The van der Waals surface area contributed by atoms with Gasteiger partial charge in [-0.05, 0) is 24.6 Å². The molecular formula is C10H8BrNO. The number of benzene rings is 1. The van der Waals surface area contributed by atoms with Gasteiger partial charge in [0, 0.05) is 4.47 Å². The first-order valence-corrected chi connectivity index (χ1v) is 4.60. The highest BCUT2D eigenvalue weighted by Crippen LogP contribution is 2.20. The van der Waals surface area contributed by atoms with Crippen LogP contribution in [0.15, 0.2) is 28.7 Å². The van der Waals surface area contributed by atoms with Gasteiger partial charge in [0.1, 0.15) is 5.92 Å². The Balaban J connectivity index is 3.07. The first kappa shape index (κ1) is 9.94. The molecule has 0 spiro atoms. The summed E-state index contributed by atoms with van der Waals surface area (Å²) in [5.41, 5.74) is 0.740. The Hall–Kier alpha value is -1.14. The maximum atomic E-state index is 11.0. The van der Waals surface area contributed by atoms with E-state index in [1.54, 1.807) is 12.1 Å². The SMILES string of the molecule is CC(=O)C(C#N)c1cccc(Br)c1. The predicted octanol–water partition coefficient (Wildman–Crippen LogP) is 2.65. The Morgan fingerprint density at radius 2 is 2.31 bits per heavy atom. The molecule has 0 fully saturated rings. The van der Waals surface area contributed by atoms with Gasteiger partial charge in [0.25, 0.3) is 0 Å². The van der Waals surface area contributed by atoms with Crippen molar-refractivity contribution in [2.24, 2.45) is 0 Å². The average Bonchev–Trinajstić information content (AvgIpc) is 2.04. The normalized spacial score (nSPS) is 11.8. The molecule has 0 saturated carbocycles. The number of halogens is 1. The largest absolute Gasteiger partial charge is 0.298 e. The lowest BCUT2D eigenvalue weighted by atomic mass is 9.97. The number of ketones is 1. The number of nitriles is 1. The molecule has 1 aromatic rings. The molecule has 0 aliphatic rings. The van der Waals surface area contributed by atoms with E-state index in [9.17, 15) is 4.79 Å². The van der Waals surface area contributed by atoms with Crippen LogP contribution in [-0.2, 0) is 4.79 Å². The van der Waals surface area contributed by atoms with E-state index in [1.807, 2.05) is 18.2 Å². The van der Waals surface area contributed by atoms with E-state index in [-0.39, 0.29) is 5.78 Å². The van der Waals surface area contributed by atoms with E-state index < -0.39 is 5.92 Å². The molecular weight excluding hydrogens is 230 g/mol. The second kappa shape index (κ2) is 4.20. The minimum absolute atomic E-state index is 0.124. The van der Waals surface area contributed by atoms with Gasteiger partial charge in [-0.1, -0.05) is 28.1 Å². The molecule has 13 heavy (non-hydrogen) atoms. The van der Waals surface area contributed by atoms with E-state index in [0.29, 0.717) is 0 Å². The summed E-state index contributed by atoms with van der Waals surface area (Å²) in [6.07, 6.45) is 0. The molecule has 0 heterocycles. The fourth-order valence-corrected chi connectivity index (χ4v) is 1.50. The van der Waals surface area contributed by atoms with Gasteiger partial charge in [-0.3, -0.25) is 4.79 Å². The zero-order valence-corrected chi connectivity index (χ0v) is 8.71. The molecule has 1 aromatic carbocycles. The van der Waals surface area contributed by atoms with Crippen molar-refractivity contribution >= 4 is 21.7 Å². The van der Waals surface area contributed by atoms with Crippen LogP contribution >= 0.6 is 15.9 Å². The fourth-order valence-electron chi connectivity index (χ4n) is 1.09. The lowest BCUT2D eigenvalue weighted by molar-refractivity contribution is -0.117. The van der Waals surface area contributed by atoms with Crippen LogP contribution in [0.5, 0.6) is 0 Å². The van der Waals surface area contributed by atoms with Crippen molar-refractivity contribution in [1.82, 2.24) is 0 Å². The minimum atomic E-state index is -0.641. The molecule has 3 heteroatoms. The van der Waals surface area contributed by atoms with Crippen molar-refractivity contribution in [2.75, 3.05) is 0 Å². The van der Waals surface area contributed by atoms with Crippen molar-refractivity contribution < 1.29 is 4.79 Å². The molecule has 0 saturated heterocycles. The summed E-state index contributed by atoms with van der Waals surface area (Å²) in [4.78, 5) is 11.0. The van der Waals surface area contributed by atoms with Crippen LogP contribution in [0, 0.1) is 11.3 Å². The van der Waals surface area contributed by atoms with Gasteiger partial charge < -0.3 is 0 Å². The monoisotopic (exact) mass is 237 g/mol. The van der Waals surface area contributed by atoms with Crippen LogP contribution < -0.4 is 0 Å². The number of hydrogen-bond donors (Lipinski definition) is 0. The van der Waals surface area contributed by atoms with Gasteiger partial charge in [-0.15, -0.1) is 0 Å². The number of carbonyl (C=O) groups excluding carboxylic acids is 1. The standard InChI is InChI=1S/C10H8BrNO/c1-7(13)10(6-12)8-3-2-4-9(11)5-8/h2-5,10H,1H3. The second-order valence-electron chi connectivity index (χ2n) is 2.73. The van der Waals surface area contributed by atoms with Crippen molar-refractivity contribution in [3.8, 4) is 6.07 Å². The van der Waals surface area contributed by atoms with Crippen LogP contribution in [0.2, 0.25) is 0 Å². The quantitative estimate of drug-likeness (QED) is 0.794. The average molecular weight is 238 g/mol. The van der Waals surface area contributed by atoms with E-state index >= 15 is 0 Å². The maximum absolute atomic E-state index is 11.0. The molecule has 1 atom stereocenters. The number of hydrogen-bond acceptors (Lipinski definition) is 2. The van der Waals surface area contributed by atoms with E-state index in [4.69, 9.17) is 5.26 Å². The van der Waals surface area contributed by atoms with Gasteiger partial charge in [-0.2, -0.15) is 5.26 Å². The Morgan fingerprint density at radius 3 is 2.77 bits per heavy atom. The summed E-state index contributed by atoms with van der Waals surface area (Å²) < 4.78 is 0.881. The number of carbonyl (C=O) groups is 1. The lowest BCUT2D eigenvalue weighted by Crippen LogP contribution is -2.05. The summed E-state index contributed by atoms with van der Waals surface area (Å²) in [5.74, 6) is -0.766. The molecule has 0 radical (unpaired) electrons. The lowest BCUT2D eigenvalue weighted by Gasteiger charge is -2.04. The summed E-state index contributed by atoms with van der Waals surface area (Å²) in [5, 5.41) is 8.75. The zero-order chi connectivity index (χ0) is 9.84. The molecule has 2 nitrogen and oxygen atoms in total. The summed E-state index contributed by atoms with van der Waals surface area (Å²) in [6, 6.07) is 9.21. The Labute approximate surface area is 85.3 Å². The molecule has 0 amide bonds. The molecule has 1 rings (SSSR count). The highest BCUT2D eigenvalue weighted by Gasteiger charge is 2.15. The van der Waals surface area contributed by atoms with Crippen LogP contribution in [0.25, 0.3) is 0 Å². The van der Waals surface area contributed by atoms with E-state index in [2.05, 4.69) is 15.9 Å². The molecule has 0 N–H and O–H groups in total. The fraction of sp³-hybridized carbons (Fsp3) is 0.200.